The third kappa shape index (κ3) is 9.84. The Kier molecular flexibility index (Phi) is 12.2. The zero-order chi connectivity index (χ0) is 31.3. The number of aliphatic carboxylic acids is 2. The van der Waals surface area contributed by atoms with Crippen LogP contribution in [0, 0.1) is 11.8 Å². The van der Waals surface area contributed by atoms with Crippen LogP contribution in [0.3, 0.4) is 0 Å². The summed E-state index contributed by atoms with van der Waals surface area (Å²) in [6, 6.07) is 27.1. The number of hydrogen-bond donors (Lipinski definition) is 2. The van der Waals surface area contributed by atoms with E-state index in [9.17, 15) is 4.79 Å². The van der Waals surface area contributed by atoms with E-state index in [4.69, 9.17) is 29.3 Å². The maximum absolute atomic E-state index is 13.4. The number of methoxy groups -OCH3 is 1. The zero-order valence-corrected chi connectivity index (χ0v) is 25.3. The third-order valence-electron chi connectivity index (χ3n) is 8.20. The monoisotopic (exact) mass is 602 g/mol. The van der Waals surface area contributed by atoms with Gasteiger partial charge in [-0.2, -0.15) is 0 Å². The molecule has 2 saturated heterocycles. The fourth-order valence-electron chi connectivity index (χ4n) is 5.89. The number of carboxylic acids is 2. The van der Waals surface area contributed by atoms with Gasteiger partial charge in [0.05, 0.1) is 13.0 Å². The van der Waals surface area contributed by atoms with Crippen LogP contribution >= 0.6 is 0 Å². The molecule has 1 amide bonds. The van der Waals surface area contributed by atoms with Crippen molar-refractivity contribution in [3.63, 3.8) is 0 Å². The minimum atomic E-state index is -1.82. The molecule has 0 saturated carbocycles. The number of rotatable bonds is 9. The molecule has 234 valence electrons. The number of ether oxygens (including phenoxy) is 2. The van der Waals surface area contributed by atoms with Crippen LogP contribution in [0.1, 0.15) is 42.4 Å². The zero-order valence-electron chi connectivity index (χ0n) is 25.3. The van der Waals surface area contributed by atoms with Crippen LogP contribution in [0.2, 0.25) is 0 Å². The maximum Gasteiger partial charge on any atom is 0.414 e. The molecular weight excluding hydrogens is 560 g/mol. The van der Waals surface area contributed by atoms with Crippen molar-refractivity contribution in [3.8, 4) is 11.5 Å². The Morgan fingerprint density at radius 3 is 2.02 bits per heavy atom. The average Bonchev–Trinajstić information content (AvgIpc) is 3.05. The van der Waals surface area contributed by atoms with Crippen molar-refractivity contribution in [1.82, 2.24) is 9.80 Å². The van der Waals surface area contributed by atoms with Gasteiger partial charge in [0, 0.05) is 26.2 Å². The molecule has 1 unspecified atom stereocenters. The fourth-order valence-corrected chi connectivity index (χ4v) is 5.89. The molecule has 2 N–H and O–H groups in total. The van der Waals surface area contributed by atoms with E-state index in [1.165, 1.54) is 11.1 Å². The number of amides is 1. The molecule has 0 aromatic heterocycles. The van der Waals surface area contributed by atoms with Crippen molar-refractivity contribution < 1.29 is 34.1 Å². The number of carbonyl (C=O) groups is 3. The normalized spacial score (nSPS) is 17.2. The number of piperidine rings is 2. The summed E-state index contributed by atoms with van der Waals surface area (Å²) in [5, 5.41) is 14.8. The lowest BCUT2D eigenvalue weighted by Crippen LogP contribution is -2.47. The largest absolute Gasteiger partial charge is 0.493 e. The molecule has 9 heteroatoms. The lowest BCUT2D eigenvalue weighted by atomic mass is 9.89. The summed E-state index contributed by atoms with van der Waals surface area (Å²) in [5.41, 5.74) is 3.72. The van der Waals surface area contributed by atoms with Gasteiger partial charge in [0.2, 0.25) is 5.91 Å². The second kappa shape index (κ2) is 16.5. The lowest BCUT2D eigenvalue weighted by Gasteiger charge is -2.38. The Labute approximate surface area is 259 Å². The molecule has 44 heavy (non-hydrogen) atoms. The standard InChI is InChI=1S/C33H40N2O3.C2H2O4/c1-37-32-22-29(14-15-31(32)38-25-28-11-6-3-7-12-28)23-34-18-8-13-30(24-34)33(36)35-19-16-27(17-20-35)21-26-9-4-2-5-10-26;3-1(4)2(5)6/h2-7,9-12,14-15,22,27,30H,8,13,16-21,23-25H2,1H3;(H,3,4)(H,5,6). The molecule has 1 atom stereocenters. The predicted molar refractivity (Wildman–Crippen MR) is 166 cm³/mol. The fraction of sp³-hybridized carbons (Fsp3) is 0.400. The van der Waals surface area contributed by atoms with E-state index in [1.807, 2.05) is 24.3 Å². The van der Waals surface area contributed by atoms with Crippen LogP contribution in [0.15, 0.2) is 78.9 Å². The second-order valence-electron chi connectivity index (χ2n) is 11.4. The third-order valence-corrected chi connectivity index (χ3v) is 8.20. The smallest absolute Gasteiger partial charge is 0.414 e. The van der Waals surface area contributed by atoms with Crippen molar-refractivity contribution in [2.45, 2.75) is 45.3 Å². The highest BCUT2D eigenvalue weighted by molar-refractivity contribution is 6.27. The molecule has 2 fully saturated rings. The highest BCUT2D eigenvalue weighted by atomic mass is 16.5. The van der Waals surface area contributed by atoms with E-state index in [-0.39, 0.29) is 5.92 Å². The van der Waals surface area contributed by atoms with Gasteiger partial charge in [-0.1, -0.05) is 66.7 Å². The summed E-state index contributed by atoms with van der Waals surface area (Å²) >= 11 is 0. The first-order valence-electron chi connectivity index (χ1n) is 15.2. The summed E-state index contributed by atoms with van der Waals surface area (Å²) in [4.78, 5) is 36.2. The van der Waals surface area contributed by atoms with Crippen molar-refractivity contribution in [1.29, 1.82) is 0 Å². The van der Waals surface area contributed by atoms with Gasteiger partial charge in [0.1, 0.15) is 6.61 Å². The highest BCUT2D eigenvalue weighted by Crippen LogP contribution is 2.31. The van der Waals surface area contributed by atoms with E-state index >= 15 is 0 Å². The number of nitrogens with zero attached hydrogens (tertiary/aromatic N) is 2. The molecule has 0 spiro atoms. The number of hydrogen-bond acceptors (Lipinski definition) is 6. The Bertz CT molecular complexity index is 1350. The van der Waals surface area contributed by atoms with Crippen LogP contribution in [0.25, 0.3) is 0 Å². The first-order chi connectivity index (χ1) is 21.3. The average molecular weight is 603 g/mol. The van der Waals surface area contributed by atoms with Crippen LogP contribution in [0.5, 0.6) is 11.5 Å². The van der Waals surface area contributed by atoms with Crippen LogP contribution in [0.4, 0.5) is 0 Å². The Morgan fingerprint density at radius 1 is 0.773 bits per heavy atom. The molecule has 3 aromatic rings. The number of carboxylic acid groups (broad SMARTS) is 2. The van der Waals surface area contributed by atoms with Gasteiger partial charge in [0.25, 0.3) is 0 Å². The first-order valence-corrected chi connectivity index (χ1v) is 15.2. The van der Waals surface area contributed by atoms with Gasteiger partial charge in [0.15, 0.2) is 11.5 Å². The molecule has 0 aliphatic carbocycles. The van der Waals surface area contributed by atoms with Gasteiger partial charge in [-0.15, -0.1) is 0 Å². The predicted octanol–water partition coefficient (Wildman–Crippen LogP) is 5.12. The summed E-state index contributed by atoms with van der Waals surface area (Å²) in [6.07, 6.45) is 5.40. The molecule has 3 aromatic carbocycles. The van der Waals surface area contributed by atoms with Crippen LogP contribution < -0.4 is 9.47 Å². The van der Waals surface area contributed by atoms with Crippen LogP contribution in [-0.2, 0) is 34.0 Å². The SMILES string of the molecule is COc1cc(CN2CCCC(C(=O)N3CCC(Cc4ccccc4)CC3)C2)ccc1OCc1ccccc1.O=C(O)C(=O)O. The maximum atomic E-state index is 13.4. The van der Waals surface area contributed by atoms with E-state index < -0.39 is 11.9 Å². The van der Waals surface area contributed by atoms with Gasteiger partial charge in [-0.05, 0) is 73.4 Å². The Hall–Kier alpha value is -4.37. The van der Waals surface area contributed by atoms with Crippen molar-refractivity contribution in [2.24, 2.45) is 11.8 Å². The molecular formula is C35H42N2O7. The first kappa shape index (κ1) is 32.5. The van der Waals surface area contributed by atoms with E-state index in [0.717, 1.165) is 81.9 Å². The molecule has 2 aliphatic heterocycles. The summed E-state index contributed by atoms with van der Waals surface area (Å²) in [5.74, 6) is -1.01. The van der Waals surface area contributed by atoms with Crippen molar-refractivity contribution >= 4 is 17.8 Å². The quantitative estimate of drug-likeness (QED) is 0.324. The van der Waals surface area contributed by atoms with E-state index in [0.29, 0.717) is 18.4 Å². The van der Waals surface area contributed by atoms with Crippen molar-refractivity contribution in [3.05, 3.63) is 95.6 Å². The van der Waals surface area contributed by atoms with E-state index in [1.54, 1.807) is 7.11 Å². The van der Waals surface area contributed by atoms with Gasteiger partial charge >= 0.3 is 11.9 Å². The topological polar surface area (TPSA) is 117 Å². The Morgan fingerprint density at radius 2 is 1.41 bits per heavy atom. The summed E-state index contributed by atoms with van der Waals surface area (Å²) in [7, 11) is 1.69. The highest BCUT2D eigenvalue weighted by Gasteiger charge is 2.31. The van der Waals surface area contributed by atoms with Crippen LogP contribution in [-0.4, -0.2) is 71.1 Å². The van der Waals surface area contributed by atoms with Gasteiger partial charge < -0.3 is 24.6 Å². The second-order valence-corrected chi connectivity index (χ2v) is 11.4. The van der Waals surface area contributed by atoms with Gasteiger partial charge in [-0.25, -0.2) is 9.59 Å². The number of benzene rings is 3. The molecule has 2 heterocycles. The minimum Gasteiger partial charge on any atom is -0.493 e. The number of likely N-dealkylation sites (tertiary alicyclic amines) is 2. The lowest BCUT2D eigenvalue weighted by molar-refractivity contribution is -0.159. The Balaban J connectivity index is 0.000000670. The summed E-state index contributed by atoms with van der Waals surface area (Å²) in [6.45, 7) is 4.98. The molecule has 0 bridgehead atoms. The molecule has 0 radical (unpaired) electrons. The molecule has 5 rings (SSSR count). The van der Waals surface area contributed by atoms with Crippen molar-refractivity contribution in [2.75, 3.05) is 33.3 Å². The molecule has 2 aliphatic rings. The number of carbonyl (C=O) groups excluding carboxylic acids is 1. The van der Waals surface area contributed by atoms with E-state index in [2.05, 4.69) is 64.4 Å². The minimum absolute atomic E-state index is 0.102. The summed E-state index contributed by atoms with van der Waals surface area (Å²) < 4.78 is 11.7. The molecule has 9 nitrogen and oxygen atoms in total. The van der Waals surface area contributed by atoms with Gasteiger partial charge in [-0.3, -0.25) is 9.69 Å².